The van der Waals surface area contributed by atoms with Gasteiger partial charge < -0.3 is 15.6 Å². The quantitative estimate of drug-likeness (QED) is 0.837. The van der Waals surface area contributed by atoms with Crippen molar-refractivity contribution in [3.05, 3.63) is 58.9 Å². The number of phenolic OH excluding ortho intramolecular Hbond substituents is 1. The maximum atomic E-state index is 13.4. The first-order chi connectivity index (χ1) is 9.54. The molecule has 0 fully saturated rings. The van der Waals surface area contributed by atoms with Gasteiger partial charge >= 0.3 is 0 Å². The summed E-state index contributed by atoms with van der Waals surface area (Å²) in [5.41, 5.74) is 8.99. The number of aromatic hydroxyl groups is 1. The lowest BCUT2D eigenvalue weighted by Gasteiger charge is -2.31. The summed E-state index contributed by atoms with van der Waals surface area (Å²) in [4.78, 5) is 0. The highest BCUT2D eigenvalue weighted by molar-refractivity contribution is 5.42. The average molecular weight is 273 g/mol. The molecule has 0 saturated heterocycles. The SMILES string of the molecule is Cc1ccc2c(c1)C(N)CC(c1ccc(O)c(F)c1)O2. The second-order valence-corrected chi connectivity index (χ2v) is 5.20. The second kappa shape index (κ2) is 4.80. The van der Waals surface area contributed by atoms with Gasteiger partial charge in [0, 0.05) is 18.0 Å². The van der Waals surface area contributed by atoms with Crippen LogP contribution < -0.4 is 10.5 Å². The molecule has 1 aliphatic heterocycles. The Labute approximate surface area is 116 Å². The molecule has 4 heteroatoms. The number of hydrogen-bond donors (Lipinski definition) is 2. The highest BCUT2D eigenvalue weighted by atomic mass is 19.1. The first-order valence-electron chi connectivity index (χ1n) is 6.56. The minimum atomic E-state index is -0.644. The standard InChI is InChI=1S/C16H16FNO2/c1-9-2-5-15-11(6-9)13(18)8-16(20-15)10-3-4-14(19)12(17)7-10/h2-7,13,16,19H,8,18H2,1H3. The summed E-state index contributed by atoms with van der Waals surface area (Å²) < 4.78 is 19.4. The predicted molar refractivity (Wildman–Crippen MR) is 74.2 cm³/mol. The summed E-state index contributed by atoms with van der Waals surface area (Å²) in [6.45, 7) is 2.01. The highest BCUT2D eigenvalue weighted by Crippen LogP contribution is 2.40. The predicted octanol–water partition coefficient (Wildman–Crippen LogP) is 3.36. The number of halogens is 1. The van der Waals surface area contributed by atoms with Crippen LogP contribution in [0.15, 0.2) is 36.4 Å². The lowest BCUT2D eigenvalue weighted by Crippen LogP contribution is -2.24. The van der Waals surface area contributed by atoms with Crippen molar-refractivity contribution in [2.75, 3.05) is 0 Å². The van der Waals surface area contributed by atoms with Gasteiger partial charge in [-0.3, -0.25) is 0 Å². The second-order valence-electron chi connectivity index (χ2n) is 5.20. The number of ether oxygens (including phenoxy) is 1. The molecule has 2 aromatic carbocycles. The zero-order chi connectivity index (χ0) is 14.3. The molecule has 3 N–H and O–H groups in total. The molecule has 2 atom stereocenters. The minimum absolute atomic E-state index is 0.138. The molecule has 0 bridgehead atoms. The number of phenols is 1. The minimum Gasteiger partial charge on any atom is -0.505 e. The van der Waals surface area contributed by atoms with Crippen LogP contribution in [0, 0.1) is 12.7 Å². The van der Waals surface area contributed by atoms with E-state index >= 15 is 0 Å². The fraction of sp³-hybridized carbons (Fsp3) is 0.250. The number of benzene rings is 2. The average Bonchev–Trinajstić information content (AvgIpc) is 2.42. The Morgan fingerprint density at radius 2 is 2.05 bits per heavy atom. The van der Waals surface area contributed by atoms with E-state index < -0.39 is 5.82 Å². The van der Waals surface area contributed by atoms with Crippen molar-refractivity contribution in [2.45, 2.75) is 25.5 Å². The van der Waals surface area contributed by atoms with Crippen LogP contribution in [-0.2, 0) is 0 Å². The van der Waals surface area contributed by atoms with Crippen LogP contribution in [0.2, 0.25) is 0 Å². The summed E-state index contributed by atoms with van der Waals surface area (Å²) in [7, 11) is 0. The molecule has 2 aromatic rings. The molecular formula is C16H16FNO2. The van der Waals surface area contributed by atoms with Gasteiger partial charge in [0.15, 0.2) is 11.6 Å². The van der Waals surface area contributed by atoms with E-state index in [0.717, 1.165) is 16.9 Å². The summed E-state index contributed by atoms with van der Waals surface area (Å²) in [5.74, 6) is -0.257. The van der Waals surface area contributed by atoms with Crippen molar-refractivity contribution in [3.8, 4) is 11.5 Å². The fourth-order valence-electron chi connectivity index (χ4n) is 2.55. The van der Waals surface area contributed by atoms with Gasteiger partial charge in [-0.15, -0.1) is 0 Å². The van der Waals surface area contributed by atoms with E-state index in [9.17, 15) is 9.50 Å². The van der Waals surface area contributed by atoms with Crippen LogP contribution in [0.1, 0.15) is 35.3 Å². The number of fused-ring (bicyclic) bond motifs is 1. The summed E-state index contributed by atoms with van der Waals surface area (Å²) in [6.07, 6.45) is 0.288. The third-order valence-electron chi connectivity index (χ3n) is 3.65. The van der Waals surface area contributed by atoms with E-state index in [0.29, 0.717) is 12.0 Å². The third kappa shape index (κ3) is 2.23. The van der Waals surface area contributed by atoms with Gasteiger partial charge in [0.1, 0.15) is 11.9 Å². The highest BCUT2D eigenvalue weighted by Gasteiger charge is 2.27. The van der Waals surface area contributed by atoms with Crippen molar-refractivity contribution in [2.24, 2.45) is 5.73 Å². The van der Waals surface area contributed by atoms with Crippen molar-refractivity contribution in [1.82, 2.24) is 0 Å². The van der Waals surface area contributed by atoms with Gasteiger partial charge in [0.25, 0.3) is 0 Å². The van der Waals surface area contributed by atoms with Gasteiger partial charge in [-0.05, 0) is 30.7 Å². The molecule has 3 nitrogen and oxygen atoms in total. The number of hydrogen-bond acceptors (Lipinski definition) is 3. The summed E-state index contributed by atoms with van der Waals surface area (Å²) in [6, 6.07) is 10.0. The molecule has 2 unspecified atom stereocenters. The van der Waals surface area contributed by atoms with E-state index in [1.807, 2.05) is 25.1 Å². The number of nitrogens with two attached hydrogens (primary N) is 1. The molecule has 0 radical (unpaired) electrons. The molecule has 20 heavy (non-hydrogen) atoms. The lowest BCUT2D eigenvalue weighted by atomic mass is 9.92. The molecule has 1 heterocycles. The smallest absolute Gasteiger partial charge is 0.165 e. The van der Waals surface area contributed by atoms with Gasteiger partial charge in [-0.2, -0.15) is 0 Å². The van der Waals surface area contributed by atoms with Gasteiger partial charge in [-0.1, -0.05) is 23.8 Å². The lowest BCUT2D eigenvalue weighted by molar-refractivity contribution is 0.161. The van der Waals surface area contributed by atoms with Crippen molar-refractivity contribution >= 4 is 0 Å². The topological polar surface area (TPSA) is 55.5 Å². The molecule has 0 saturated carbocycles. The van der Waals surface area contributed by atoms with Crippen LogP contribution in [0.4, 0.5) is 4.39 Å². The molecule has 0 aliphatic carbocycles. The van der Waals surface area contributed by atoms with Crippen LogP contribution in [0.3, 0.4) is 0 Å². The Bertz CT molecular complexity index is 657. The van der Waals surface area contributed by atoms with Crippen LogP contribution in [0.25, 0.3) is 0 Å². The van der Waals surface area contributed by atoms with Crippen molar-refractivity contribution < 1.29 is 14.2 Å². The number of aryl methyl sites for hydroxylation is 1. The van der Waals surface area contributed by atoms with E-state index in [1.165, 1.54) is 12.1 Å². The molecule has 1 aliphatic rings. The molecule has 0 spiro atoms. The number of rotatable bonds is 1. The summed E-state index contributed by atoms with van der Waals surface area (Å²) >= 11 is 0. The van der Waals surface area contributed by atoms with Crippen molar-refractivity contribution in [3.63, 3.8) is 0 Å². The van der Waals surface area contributed by atoms with Gasteiger partial charge in [0.2, 0.25) is 0 Å². The Kier molecular flexibility index (Phi) is 3.10. The van der Waals surface area contributed by atoms with E-state index in [1.54, 1.807) is 6.07 Å². The van der Waals surface area contributed by atoms with Gasteiger partial charge in [0.05, 0.1) is 0 Å². The maximum absolute atomic E-state index is 13.4. The summed E-state index contributed by atoms with van der Waals surface area (Å²) in [5, 5.41) is 9.24. The Hall–Kier alpha value is -2.07. The third-order valence-corrected chi connectivity index (χ3v) is 3.65. The van der Waals surface area contributed by atoms with Gasteiger partial charge in [-0.25, -0.2) is 4.39 Å². The Morgan fingerprint density at radius 1 is 1.25 bits per heavy atom. The van der Waals surface area contributed by atoms with Crippen LogP contribution in [0.5, 0.6) is 11.5 Å². The zero-order valence-electron chi connectivity index (χ0n) is 11.1. The molecule has 0 amide bonds. The van der Waals surface area contributed by atoms with Crippen molar-refractivity contribution in [1.29, 1.82) is 0 Å². The first kappa shape index (κ1) is 12.9. The molecular weight excluding hydrogens is 257 g/mol. The maximum Gasteiger partial charge on any atom is 0.165 e. The van der Waals surface area contributed by atoms with E-state index in [-0.39, 0.29) is 17.9 Å². The van der Waals surface area contributed by atoms with E-state index in [2.05, 4.69) is 0 Å². The monoisotopic (exact) mass is 273 g/mol. The fourth-order valence-corrected chi connectivity index (χ4v) is 2.55. The molecule has 104 valence electrons. The normalized spacial score (nSPS) is 21.1. The largest absolute Gasteiger partial charge is 0.505 e. The van der Waals surface area contributed by atoms with Crippen LogP contribution >= 0.6 is 0 Å². The molecule has 0 aromatic heterocycles. The van der Waals surface area contributed by atoms with E-state index in [4.69, 9.17) is 10.5 Å². The zero-order valence-corrected chi connectivity index (χ0v) is 11.1. The van der Waals surface area contributed by atoms with Crippen LogP contribution in [-0.4, -0.2) is 5.11 Å². The first-order valence-corrected chi connectivity index (χ1v) is 6.56. The Balaban J connectivity index is 1.94. The Morgan fingerprint density at radius 3 is 2.80 bits per heavy atom. The molecule has 3 rings (SSSR count).